The molecular weight excluding hydrogens is 226 g/mol. The van der Waals surface area contributed by atoms with E-state index in [1.165, 1.54) is 36.4 Å². The second-order valence-corrected chi connectivity index (χ2v) is 5.85. The predicted octanol–water partition coefficient (Wildman–Crippen LogP) is 4.22. The molecule has 0 saturated heterocycles. The summed E-state index contributed by atoms with van der Waals surface area (Å²) in [6.45, 7) is 2.36. The molecule has 1 nitrogen and oxygen atoms in total. The molecule has 15 heavy (non-hydrogen) atoms. The van der Waals surface area contributed by atoms with Gasteiger partial charge in [0.25, 0.3) is 0 Å². The molecule has 1 saturated carbocycles. The minimum Gasteiger partial charge on any atom is -0.246 e. The Hall–Kier alpha value is -0.0800. The molecule has 2 atom stereocenters. The maximum Gasteiger partial charge on any atom is 0.0959 e. The van der Waals surface area contributed by atoms with Crippen LogP contribution in [0.15, 0.2) is 5.38 Å². The number of alkyl halides is 1. The van der Waals surface area contributed by atoms with Crippen LogP contribution in [0.5, 0.6) is 0 Å². The zero-order chi connectivity index (χ0) is 10.7. The van der Waals surface area contributed by atoms with Gasteiger partial charge in [0.1, 0.15) is 0 Å². The van der Waals surface area contributed by atoms with E-state index in [2.05, 4.69) is 12.3 Å². The zero-order valence-corrected chi connectivity index (χ0v) is 10.8. The molecular formula is C12H18ClNS. The Morgan fingerprint density at radius 1 is 1.53 bits per heavy atom. The highest BCUT2D eigenvalue weighted by atomic mass is 35.5. The van der Waals surface area contributed by atoms with Crippen LogP contribution in [0.4, 0.5) is 0 Å². The number of hydrogen-bond acceptors (Lipinski definition) is 2. The Morgan fingerprint density at radius 3 is 3.13 bits per heavy atom. The summed E-state index contributed by atoms with van der Waals surface area (Å²) in [5.41, 5.74) is 1.18. The first kappa shape index (κ1) is 11.4. The van der Waals surface area contributed by atoms with Crippen LogP contribution in [-0.2, 0) is 6.42 Å². The first-order chi connectivity index (χ1) is 7.29. The van der Waals surface area contributed by atoms with Gasteiger partial charge in [0, 0.05) is 23.6 Å². The lowest BCUT2D eigenvalue weighted by molar-refractivity contribution is 0.343. The van der Waals surface area contributed by atoms with Gasteiger partial charge in [-0.1, -0.05) is 19.8 Å². The lowest BCUT2D eigenvalue weighted by atomic mass is 9.83. The SMILES string of the molecule is CC1CCCC(c2nc(CCCl)cs2)C1. The van der Waals surface area contributed by atoms with Crippen LogP contribution in [0.2, 0.25) is 0 Å². The molecule has 2 rings (SSSR count). The van der Waals surface area contributed by atoms with Gasteiger partial charge in [-0.3, -0.25) is 0 Å². The highest BCUT2D eigenvalue weighted by molar-refractivity contribution is 7.09. The standard InChI is InChI=1S/C12H18ClNS/c1-9-3-2-4-10(7-9)12-14-11(5-6-13)8-15-12/h8-10H,2-7H2,1H3. The number of aromatic nitrogens is 1. The van der Waals surface area contributed by atoms with E-state index < -0.39 is 0 Å². The topological polar surface area (TPSA) is 12.9 Å². The predicted molar refractivity (Wildman–Crippen MR) is 66.9 cm³/mol. The molecule has 2 unspecified atom stereocenters. The molecule has 0 aromatic carbocycles. The minimum absolute atomic E-state index is 0.685. The lowest BCUT2D eigenvalue weighted by Crippen LogP contribution is -2.11. The van der Waals surface area contributed by atoms with Crippen LogP contribution in [0, 0.1) is 5.92 Å². The maximum absolute atomic E-state index is 5.72. The van der Waals surface area contributed by atoms with Crippen molar-refractivity contribution in [3.8, 4) is 0 Å². The van der Waals surface area contributed by atoms with E-state index in [-0.39, 0.29) is 0 Å². The molecule has 3 heteroatoms. The molecule has 0 aliphatic heterocycles. The van der Waals surface area contributed by atoms with Crippen molar-refractivity contribution in [2.24, 2.45) is 5.92 Å². The summed E-state index contributed by atoms with van der Waals surface area (Å²) < 4.78 is 0. The van der Waals surface area contributed by atoms with Crippen LogP contribution in [-0.4, -0.2) is 10.9 Å². The molecule has 1 aromatic heterocycles. The second kappa shape index (κ2) is 5.31. The fraction of sp³-hybridized carbons (Fsp3) is 0.750. The third-order valence-corrected chi connectivity index (χ3v) is 4.45. The van der Waals surface area contributed by atoms with Gasteiger partial charge in [-0.15, -0.1) is 22.9 Å². The van der Waals surface area contributed by atoms with Gasteiger partial charge in [-0.25, -0.2) is 4.98 Å². The van der Waals surface area contributed by atoms with Crippen molar-refractivity contribution in [3.63, 3.8) is 0 Å². The largest absolute Gasteiger partial charge is 0.246 e. The third-order valence-electron chi connectivity index (χ3n) is 3.21. The monoisotopic (exact) mass is 243 g/mol. The van der Waals surface area contributed by atoms with Gasteiger partial charge in [0.2, 0.25) is 0 Å². The van der Waals surface area contributed by atoms with E-state index in [0.717, 1.165) is 18.3 Å². The summed E-state index contributed by atoms with van der Waals surface area (Å²) in [5, 5.41) is 3.53. The van der Waals surface area contributed by atoms with Crippen LogP contribution < -0.4 is 0 Å². The van der Waals surface area contributed by atoms with Gasteiger partial charge in [0.15, 0.2) is 0 Å². The molecule has 84 valence electrons. The summed E-state index contributed by atoms with van der Waals surface area (Å²) in [7, 11) is 0. The van der Waals surface area contributed by atoms with Gasteiger partial charge >= 0.3 is 0 Å². The van der Waals surface area contributed by atoms with Gasteiger partial charge in [-0.05, 0) is 18.8 Å². The first-order valence-corrected chi connectivity index (χ1v) is 7.21. The molecule has 0 spiro atoms. The van der Waals surface area contributed by atoms with Crippen molar-refractivity contribution >= 4 is 22.9 Å². The van der Waals surface area contributed by atoms with Crippen LogP contribution >= 0.6 is 22.9 Å². The second-order valence-electron chi connectivity index (χ2n) is 4.58. The first-order valence-electron chi connectivity index (χ1n) is 5.80. The number of rotatable bonds is 3. The summed E-state index contributed by atoms with van der Waals surface area (Å²) in [6, 6.07) is 0. The molecule has 1 heterocycles. The molecule has 0 radical (unpaired) electrons. The van der Waals surface area contributed by atoms with E-state index in [4.69, 9.17) is 16.6 Å². The maximum atomic E-state index is 5.72. The molecule has 0 N–H and O–H groups in total. The number of thiazole rings is 1. The molecule has 0 bridgehead atoms. The minimum atomic E-state index is 0.685. The lowest BCUT2D eigenvalue weighted by Gasteiger charge is -2.24. The fourth-order valence-corrected chi connectivity index (χ4v) is 3.58. The van der Waals surface area contributed by atoms with E-state index in [0.29, 0.717) is 5.88 Å². The average molecular weight is 244 g/mol. The zero-order valence-electron chi connectivity index (χ0n) is 9.21. The van der Waals surface area contributed by atoms with Gasteiger partial charge in [-0.2, -0.15) is 0 Å². The summed E-state index contributed by atoms with van der Waals surface area (Å²) in [5.74, 6) is 2.29. The summed E-state index contributed by atoms with van der Waals surface area (Å²) >= 11 is 7.55. The molecule has 1 fully saturated rings. The average Bonchev–Trinajstić information content (AvgIpc) is 2.67. The number of hydrogen-bond donors (Lipinski definition) is 0. The summed E-state index contributed by atoms with van der Waals surface area (Å²) in [6.07, 6.45) is 6.35. The quantitative estimate of drug-likeness (QED) is 0.725. The highest BCUT2D eigenvalue weighted by Crippen LogP contribution is 2.37. The molecule has 1 aliphatic carbocycles. The fourth-order valence-electron chi connectivity index (χ4n) is 2.38. The summed E-state index contributed by atoms with van der Waals surface area (Å²) in [4.78, 5) is 4.69. The smallest absolute Gasteiger partial charge is 0.0959 e. The van der Waals surface area contributed by atoms with Crippen molar-refractivity contribution in [3.05, 3.63) is 16.1 Å². The van der Waals surface area contributed by atoms with E-state index in [1.54, 1.807) is 0 Å². The molecule has 1 aliphatic rings. The Labute approximate surface area is 101 Å². The van der Waals surface area contributed by atoms with E-state index in [1.807, 2.05) is 11.3 Å². The van der Waals surface area contributed by atoms with Crippen molar-refractivity contribution in [1.82, 2.24) is 4.98 Å². The van der Waals surface area contributed by atoms with E-state index in [9.17, 15) is 0 Å². The Kier molecular flexibility index (Phi) is 4.04. The van der Waals surface area contributed by atoms with Crippen molar-refractivity contribution in [1.29, 1.82) is 0 Å². The number of aryl methyl sites for hydroxylation is 1. The number of halogens is 1. The normalized spacial score (nSPS) is 26.8. The number of nitrogens with zero attached hydrogens (tertiary/aromatic N) is 1. The van der Waals surface area contributed by atoms with Crippen molar-refractivity contribution in [2.75, 3.05) is 5.88 Å². The molecule has 0 amide bonds. The van der Waals surface area contributed by atoms with Gasteiger partial charge in [0.05, 0.1) is 10.7 Å². The third kappa shape index (κ3) is 2.94. The Balaban J connectivity index is 2.01. The van der Waals surface area contributed by atoms with Gasteiger partial charge < -0.3 is 0 Å². The Bertz CT molecular complexity index is 310. The van der Waals surface area contributed by atoms with E-state index >= 15 is 0 Å². The van der Waals surface area contributed by atoms with Crippen LogP contribution in [0.1, 0.15) is 49.2 Å². The van der Waals surface area contributed by atoms with Crippen molar-refractivity contribution < 1.29 is 0 Å². The Morgan fingerprint density at radius 2 is 2.40 bits per heavy atom. The highest BCUT2D eigenvalue weighted by Gasteiger charge is 2.22. The van der Waals surface area contributed by atoms with Crippen molar-refractivity contribution in [2.45, 2.75) is 44.9 Å². The van der Waals surface area contributed by atoms with Crippen LogP contribution in [0.25, 0.3) is 0 Å². The molecule has 1 aromatic rings. The van der Waals surface area contributed by atoms with Crippen LogP contribution in [0.3, 0.4) is 0 Å².